The summed E-state index contributed by atoms with van der Waals surface area (Å²) in [5.41, 5.74) is 0.745. The van der Waals surface area contributed by atoms with Gasteiger partial charge in [-0.2, -0.15) is 0 Å². The van der Waals surface area contributed by atoms with Crippen LogP contribution in [0.4, 0.5) is 0 Å². The maximum absolute atomic E-state index is 12.6. The molecule has 1 aromatic heterocycles. The standard InChI is InChI=1S/C20H28N2O3S/c1-19(2,3)18-13-15(21-25-18)11-14-12-17(20(14,4)5)22-26(23,24)16-9-7-6-8-10-16/h6-10,13-14,17,22H,11-12H2,1-5H3/t14-,17+/m1/s1. The van der Waals surface area contributed by atoms with E-state index in [1.165, 1.54) is 0 Å². The van der Waals surface area contributed by atoms with E-state index in [-0.39, 0.29) is 16.9 Å². The molecule has 0 amide bonds. The molecular weight excluding hydrogens is 348 g/mol. The van der Waals surface area contributed by atoms with Crippen molar-refractivity contribution in [3.8, 4) is 0 Å². The van der Waals surface area contributed by atoms with Gasteiger partial charge >= 0.3 is 0 Å². The van der Waals surface area contributed by atoms with Crippen molar-refractivity contribution in [3.05, 3.63) is 47.9 Å². The summed E-state index contributed by atoms with van der Waals surface area (Å²) in [5, 5.41) is 4.20. The third-order valence-electron chi connectivity index (χ3n) is 5.58. The molecule has 6 heteroatoms. The molecule has 5 nitrogen and oxygen atoms in total. The van der Waals surface area contributed by atoms with Gasteiger partial charge in [0.05, 0.1) is 10.6 Å². The molecule has 1 saturated carbocycles. The topological polar surface area (TPSA) is 72.2 Å². The molecule has 0 aliphatic heterocycles. The highest BCUT2D eigenvalue weighted by atomic mass is 32.2. The Morgan fingerprint density at radius 2 is 1.88 bits per heavy atom. The molecule has 2 aromatic rings. The maximum Gasteiger partial charge on any atom is 0.240 e. The zero-order chi connectivity index (χ0) is 19.2. The second-order valence-corrected chi connectivity index (χ2v) is 10.6. The van der Waals surface area contributed by atoms with E-state index in [1.807, 2.05) is 12.1 Å². The molecule has 1 aliphatic carbocycles. The van der Waals surface area contributed by atoms with Gasteiger partial charge in [-0.15, -0.1) is 0 Å². The van der Waals surface area contributed by atoms with Crippen molar-refractivity contribution in [2.24, 2.45) is 11.3 Å². The highest BCUT2D eigenvalue weighted by molar-refractivity contribution is 7.89. The lowest BCUT2D eigenvalue weighted by Crippen LogP contribution is -2.58. The van der Waals surface area contributed by atoms with Crippen LogP contribution in [0.5, 0.6) is 0 Å². The lowest BCUT2D eigenvalue weighted by molar-refractivity contribution is 0.0270. The van der Waals surface area contributed by atoms with Crippen LogP contribution in [0.3, 0.4) is 0 Å². The third kappa shape index (κ3) is 3.71. The number of nitrogens with zero attached hydrogens (tertiary/aromatic N) is 1. The molecule has 1 heterocycles. The minimum absolute atomic E-state index is 0.0613. The lowest BCUT2D eigenvalue weighted by atomic mass is 9.57. The SMILES string of the molecule is CC(C)(C)c1cc(C[C@@H]2C[C@H](NS(=O)(=O)c3ccccc3)C2(C)C)no1. The van der Waals surface area contributed by atoms with Crippen molar-refractivity contribution >= 4 is 10.0 Å². The van der Waals surface area contributed by atoms with Gasteiger partial charge in [-0.05, 0) is 36.3 Å². The first kappa shape index (κ1) is 19.1. The minimum atomic E-state index is -3.49. The first-order valence-corrected chi connectivity index (χ1v) is 10.5. The van der Waals surface area contributed by atoms with E-state index < -0.39 is 10.0 Å². The van der Waals surface area contributed by atoms with Gasteiger partial charge in [-0.1, -0.05) is 58.0 Å². The maximum atomic E-state index is 12.6. The Bertz CT molecular complexity index is 864. The van der Waals surface area contributed by atoms with Gasteiger partial charge in [0.2, 0.25) is 10.0 Å². The Morgan fingerprint density at radius 3 is 2.42 bits per heavy atom. The fourth-order valence-electron chi connectivity index (χ4n) is 3.43. The van der Waals surface area contributed by atoms with Crippen molar-refractivity contribution < 1.29 is 12.9 Å². The van der Waals surface area contributed by atoms with E-state index in [2.05, 4.69) is 44.5 Å². The Morgan fingerprint density at radius 1 is 1.23 bits per heavy atom. The van der Waals surface area contributed by atoms with E-state index in [9.17, 15) is 8.42 Å². The van der Waals surface area contributed by atoms with Gasteiger partial charge in [-0.25, -0.2) is 13.1 Å². The number of nitrogens with one attached hydrogen (secondary N) is 1. The van der Waals surface area contributed by atoms with Crippen LogP contribution in [-0.2, 0) is 21.9 Å². The molecule has 0 bridgehead atoms. The molecule has 0 spiro atoms. The average Bonchev–Trinajstić information content (AvgIpc) is 3.04. The van der Waals surface area contributed by atoms with Crippen LogP contribution in [-0.4, -0.2) is 19.6 Å². The van der Waals surface area contributed by atoms with Crippen LogP contribution < -0.4 is 4.72 Å². The first-order valence-electron chi connectivity index (χ1n) is 9.03. The zero-order valence-corrected chi connectivity index (χ0v) is 16.9. The first-order chi connectivity index (χ1) is 12.0. The molecule has 0 saturated heterocycles. The molecule has 1 fully saturated rings. The fraction of sp³-hybridized carbons (Fsp3) is 0.550. The van der Waals surface area contributed by atoms with Crippen molar-refractivity contribution in [3.63, 3.8) is 0 Å². The molecule has 1 aromatic carbocycles. The summed E-state index contributed by atoms with van der Waals surface area (Å²) in [5.74, 6) is 1.25. The number of benzene rings is 1. The number of sulfonamides is 1. The van der Waals surface area contributed by atoms with Crippen molar-refractivity contribution in [2.45, 2.75) is 63.8 Å². The number of hydrogen-bond donors (Lipinski definition) is 1. The molecule has 3 rings (SSSR count). The van der Waals surface area contributed by atoms with Gasteiger partial charge in [0.25, 0.3) is 0 Å². The van der Waals surface area contributed by atoms with E-state index in [4.69, 9.17) is 4.52 Å². The molecular formula is C20H28N2O3S. The van der Waals surface area contributed by atoms with Gasteiger partial charge in [0.15, 0.2) is 0 Å². The Kier molecular flexibility index (Phi) is 4.78. The minimum Gasteiger partial charge on any atom is -0.361 e. The third-order valence-corrected chi connectivity index (χ3v) is 7.06. The summed E-state index contributed by atoms with van der Waals surface area (Å²) in [6.07, 6.45) is 1.60. The van der Waals surface area contributed by atoms with Crippen LogP contribution in [0.2, 0.25) is 0 Å². The number of rotatable bonds is 5. The molecule has 142 valence electrons. The molecule has 1 aliphatic rings. The average molecular weight is 377 g/mol. The number of aromatic nitrogens is 1. The Labute approximate surface area is 156 Å². The van der Waals surface area contributed by atoms with Crippen LogP contribution in [0.25, 0.3) is 0 Å². The van der Waals surface area contributed by atoms with Crippen LogP contribution in [0, 0.1) is 11.3 Å². The Hall–Kier alpha value is -1.66. The predicted octanol–water partition coefficient (Wildman–Crippen LogP) is 3.91. The largest absolute Gasteiger partial charge is 0.361 e. The summed E-state index contributed by atoms with van der Waals surface area (Å²) >= 11 is 0. The zero-order valence-electron chi connectivity index (χ0n) is 16.1. The summed E-state index contributed by atoms with van der Waals surface area (Å²) in [4.78, 5) is 0.311. The van der Waals surface area contributed by atoms with Crippen LogP contribution >= 0.6 is 0 Å². The van der Waals surface area contributed by atoms with Gasteiger partial charge < -0.3 is 4.52 Å². The van der Waals surface area contributed by atoms with E-state index in [0.717, 1.165) is 24.3 Å². The van der Waals surface area contributed by atoms with E-state index in [1.54, 1.807) is 24.3 Å². The second-order valence-electron chi connectivity index (χ2n) is 8.88. The van der Waals surface area contributed by atoms with Gasteiger partial charge in [-0.3, -0.25) is 0 Å². The molecule has 0 radical (unpaired) electrons. The summed E-state index contributed by atoms with van der Waals surface area (Å²) in [6.45, 7) is 10.5. The van der Waals surface area contributed by atoms with E-state index >= 15 is 0 Å². The van der Waals surface area contributed by atoms with Crippen LogP contribution in [0.1, 0.15) is 52.5 Å². The van der Waals surface area contributed by atoms with Crippen molar-refractivity contribution in [1.82, 2.24) is 9.88 Å². The second kappa shape index (κ2) is 6.50. The fourth-order valence-corrected chi connectivity index (χ4v) is 4.86. The highest BCUT2D eigenvalue weighted by Crippen LogP contribution is 2.48. The lowest BCUT2D eigenvalue weighted by Gasteiger charge is -2.52. The van der Waals surface area contributed by atoms with E-state index in [0.29, 0.717) is 10.8 Å². The van der Waals surface area contributed by atoms with Gasteiger partial charge in [0.1, 0.15) is 5.76 Å². The molecule has 26 heavy (non-hydrogen) atoms. The van der Waals surface area contributed by atoms with Crippen molar-refractivity contribution in [2.75, 3.05) is 0 Å². The normalized spacial score (nSPS) is 22.8. The smallest absolute Gasteiger partial charge is 0.240 e. The quantitative estimate of drug-likeness (QED) is 0.859. The Balaban J connectivity index is 1.66. The van der Waals surface area contributed by atoms with Gasteiger partial charge in [0, 0.05) is 17.5 Å². The van der Waals surface area contributed by atoms with Crippen LogP contribution in [0.15, 0.2) is 45.8 Å². The highest BCUT2D eigenvalue weighted by Gasteiger charge is 2.49. The molecule has 2 atom stereocenters. The summed E-state index contributed by atoms with van der Waals surface area (Å²) < 4.78 is 33.5. The van der Waals surface area contributed by atoms with Crippen molar-refractivity contribution in [1.29, 1.82) is 0 Å². The predicted molar refractivity (Wildman–Crippen MR) is 101 cm³/mol. The summed E-state index contributed by atoms with van der Waals surface area (Å²) in [7, 11) is -3.49. The molecule has 0 unspecified atom stereocenters. The summed E-state index contributed by atoms with van der Waals surface area (Å²) in [6, 6.07) is 10.5. The number of hydrogen-bond acceptors (Lipinski definition) is 4. The monoisotopic (exact) mass is 376 g/mol. The molecule has 1 N–H and O–H groups in total.